The zero-order valence-electron chi connectivity index (χ0n) is 17.3. The second kappa shape index (κ2) is 9.22. The molecule has 0 amide bonds. The maximum atomic E-state index is 13.9. The van der Waals surface area contributed by atoms with Gasteiger partial charge >= 0.3 is 0 Å². The van der Waals surface area contributed by atoms with Crippen molar-refractivity contribution >= 4 is 34.2 Å². The third-order valence-corrected chi connectivity index (χ3v) is 5.36. The highest BCUT2D eigenvalue weighted by atomic mass is 35.5. The fourth-order valence-corrected chi connectivity index (χ4v) is 3.52. The zero-order chi connectivity index (χ0) is 22.6. The number of ether oxygens (including phenoxy) is 1. The van der Waals surface area contributed by atoms with E-state index in [0.717, 1.165) is 22.2 Å². The monoisotopic (exact) mass is 457 g/mol. The van der Waals surface area contributed by atoms with Crippen LogP contribution >= 0.6 is 11.6 Å². The van der Waals surface area contributed by atoms with Crippen LogP contribution in [0.2, 0.25) is 5.02 Å². The minimum Gasteiger partial charge on any atom is -0.487 e. The fraction of sp³-hybridized carbons (Fsp3) is 0.0385. The van der Waals surface area contributed by atoms with Crippen molar-refractivity contribution in [2.75, 3.05) is 0 Å². The molecule has 7 heteroatoms. The number of para-hydroxylation sites is 1. The highest BCUT2D eigenvalue weighted by Crippen LogP contribution is 2.28. The van der Waals surface area contributed by atoms with Crippen LogP contribution in [0, 0.1) is 5.82 Å². The molecule has 0 saturated carbocycles. The average Bonchev–Trinajstić information content (AvgIpc) is 3.38. The van der Waals surface area contributed by atoms with Crippen LogP contribution in [0.5, 0.6) is 5.75 Å². The molecule has 0 bridgehead atoms. The van der Waals surface area contributed by atoms with Gasteiger partial charge in [-0.2, -0.15) is 0 Å². The maximum Gasteiger partial charge on any atom is 0.248 e. The Morgan fingerprint density at radius 1 is 1.00 bits per heavy atom. The largest absolute Gasteiger partial charge is 0.487 e. The van der Waals surface area contributed by atoms with E-state index in [1.807, 2.05) is 60.7 Å². The number of fused-ring (bicyclic) bond motifs is 1. The number of benzene rings is 3. The Balaban J connectivity index is 1.37. The molecule has 0 unspecified atom stereocenters. The number of aromatic nitrogens is 3. The van der Waals surface area contributed by atoms with Crippen LogP contribution in [0.15, 0.2) is 89.7 Å². The van der Waals surface area contributed by atoms with E-state index < -0.39 is 5.82 Å². The summed E-state index contributed by atoms with van der Waals surface area (Å²) < 4.78 is 25.2. The van der Waals surface area contributed by atoms with Gasteiger partial charge in [-0.1, -0.05) is 54.1 Å². The summed E-state index contributed by atoms with van der Waals surface area (Å²) in [6.45, 7) is 0.348. The number of hydrogen-bond donors (Lipinski definition) is 0. The molecule has 3 aromatic carbocycles. The Labute approximate surface area is 194 Å². The van der Waals surface area contributed by atoms with E-state index >= 15 is 0 Å². The van der Waals surface area contributed by atoms with E-state index in [-0.39, 0.29) is 5.02 Å². The lowest BCUT2D eigenvalue weighted by Gasteiger charge is -2.09. The third-order valence-electron chi connectivity index (χ3n) is 5.05. The number of hydrogen-bond acceptors (Lipinski definition) is 5. The van der Waals surface area contributed by atoms with Crippen LogP contribution in [0.1, 0.15) is 22.7 Å². The molecule has 0 N–H and O–H groups in total. The summed E-state index contributed by atoms with van der Waals surface area (Å²) in [4.78, 5) is 4.63. The first kappa shape index (κ1) is 20.8. The van der Waals surface area contributed by atoms with Crippen molar-refractivity contribution in [1.82, 2.24) is 15.2 Å². The van der Waals surface area contributed by atoms with Crippen LogP contribution < -0.4 is 4.74 Å². The fourth-order valence-electron chi connectivity index (χ4n) is 3.40. The SMILES string of the molecule is Fc1cc(/C=C(\c2ccc(OCc3ccc4ccccc4n3)cc2)c2nnco2)ccc1Cl. The minimum absolute atomic E-state index is 0.0638. The standard InChI is InChI=1S/C26H17ClFN3O2/c27-23-12-5-17(14-24(23)28)13-22(26-31-29-16-33-26)18-7-10-21(11-8-18)32-15-20-9-6-19-3-1-2-4-25(19)30-20/h1-14,16H,15H2/b22-13+. The first-order chi connectivity index (χ1) is 16.2. The van der Waals surface area contributed by atoms with Gasteiger partial charge in [-0.05, 0) is 53.6 Å². The molecular formula is C26H17ClFN3O2. The van der Waals surface area contributed by atoms with Gasteiger partial charge in [-0.15, -0.1) is 10.2 Å². The van der Waals surface area contributed by atoms with Crippen molar-refractivity contribution in [1.29, 1.82) is 0 Å². The van der Waals surface area contributed by atoms with Gasteiger partial charge in [0.05, 0.1) is 16.2 Å². The van der Waals surface area contributed by atoms with E-state index in [2.05, 4.69) is 15.2 Å². The second-order valence-electron chi connectivity index (χ2n) is 7.28. The van der Waals surface area contributed by atoms with Gasteiger partial charge < -0.3 is 9.15 Å². The Bertz CT molecular complexity index is 1430. The third kappa shape index (κ3) is 4.76. The summed E-state index contributed by atoms with van der Waals surface area (Å²) in [7, 11) is 0. The lowest BCUT2D eigenvalue weighted by atomic mass is 10.0. The molecule has 162 valence electrons. The summed E-state index contributed by atoms with van der Waals surface area (Å²) in [6, 6.07) is 24.0. The quantitative estimate of drug-likeness (QED) is 0.269. The molecule has 5 rings (SSSR count). The molecule has 2 aromatic heterocycles. The molecule has 2 heterocycles. The maximum absolute atomic E-state index is 13.9. The van der Waals surface area contributed by atoms with Gasteiger partial charge in [0.25, 0.3) is 0 Å². The van der Waals surface area contributed by atoms with E-state index in [1.54, 1.807) is 12.1 Å². The predicted octanol–water partition coefficient (Wildman–Crippen LogP) is 6.58. The normalized spacial score (nSPS) is 11.6. The lowest BCUT2D eigenvalue weighted by Crippen LogP contribution is -1.98. The summed E-state index contributed by atoms with van der Waals surface area (Å²) >= 11 is 5.80. The number of rotatable bonds is 6. The molecule has 0 fully saturated rings. The Morgan fingerprint density at radius 2 is 1.85 bits per heavy atom. The zero-order valence-corrected chi connectivity index (χ0v) is 18.0. The van der Waals surface area contributed by atoms with E-state index in [9.17, 15) is 4.39 Å². The van der Waals surface area contributed by atoms with Crippen molar-refractivity contribution in [2.24, 2.45) is 0 Å². The molecule has 0 atom stereocenters. The molecule has 0 radical (unpaired) electrons. The molecule has 0 saturated heterocycles. The first-order valence-electron chi connectivity index (χ1n) is 10.2. The number of nitrogens with zero attached hydrogens (tertiary/aromatic N) is 3. The molecule has 5 nitrogen and oxygen atoms in total. The van der Waals surface area contributed by atoms with Crippen molar-refractivity contribution in [3.05, 3.63) is 119 Å². The number of halogens is 2. The first-order valence-corrected chi connectivity index (χ1v) is 10.5. The van der Waals surface area contributed by atoms with Gasteiger partial charge in [-0.25, -0.2) is 9.37 Å². The highest BCUT2D eigenvalue weighted by molar-refractivity contribution is 6.30. The van der Waals surface area contributed by atoms with Crippen LogP contribution in [0.25, 0.3) is 22.6 Å². The molecule has 5 aromatic rings. The average molecular weight is 458 g/mol. The van der Waals surface area contributed by atoms with E-state index in [0.29, 0.717) is 29.4 Å². The van der Waals surface area contributed by atoms with Crippen LogP contribution in [-0.4, -0.2) is 15.2 Å². The summed E-state index contributed by atoms with van der Waals surface area (Å²) in [5, 5.41) is 8.92. The second-order valence-corrected chi connectivity index (χ2v) is 7.69. The summed E-state index contributed by atoms with van der Waals surface area (Å²) in [5.41, 5.74) is 3.85. The van der Waals surface area contributed by atoms with Gasteiger partial charge in [0, 0.05) is 11.0 Å². The Hall–Kier alpha value is -4.03. The summed E-state index contributed by atoms with van der Waals surface area (Å²) in [6.07, 6.45) is 3.02. The molecular weight excluding hydrogens is 441 g/mol. The van der Waals surface area contributed by atoms with Crippen molar-refractivity contribution < 1.29 is 13.5 Å². The molecule has 0 aliphatic heterocycles. The minimum atomic E-state index is -0.499. The Morgan fingerprint density at radius 3 is 2.64 bits per heavy atom. The van der Waals surface area contributed by atoms with Crippen LogP contribution in [0.4, 0.5) is 4.39 Å². The Kier molecular flexibility index (Phi) is 5.83. The predicted molar refractivity (Wildman–Crippen MR) is 125 cm³/mol. The van der Waals surface area contributed by atoms with Crippen molar-refractivity contribution in [3.8, 4) is 5.75 Å². The van der Waals surface area contributed by atoms with Gasteiger partial charge in [-0.3, -0.25) is 0 Å². The lowest BCUT2D eigenvalue weighted by molar-refractivity contribution is 0.302. The molecule has 0 spiro atoms. The highest BCUT2D eigenvalue weighted by Gasteiger charge is 2.12. The smallest absolute Gasteiger partial charge is 0.248 e. The van der Waals surface area contributed by atoms with E-state index in [1.165, 1.54) is 18.5 Å². The molecule has 0 aliphatic rings. The van der Waals surface area contributed by atoms with Gasteiger partial charge in [0.15, 0.2) is 0 Å². The van der Waals surface area contributed by atoms with Crippen LogP contribution in [-0.2, 0) is 6.61 Å². The van der Waals surface area contributed by atoms with Gasteiger partial charge in [0.2, 0.25) is 12.3 Å². The van der Waals surface area contributed by atoms with Crippen molar-refractivity contribution in [2.45, 2.75) is 6.61 Å². The van der Waals surface area contributed by atoms with Gasteiger partial charge in [0.1, 0.15) is 18.2 Å². The summed E-state index contributed by atoms with van der Waals surface area (Å²) in [5.74, 6) is 0.511. The van der Waals surface area contributed by atoms with Crippen molar-refractivity contribution in [3.63, 3.8) is 0 Å². The van der Waals surface area contributed by atoms with E-state index in [4.69, 9.17) is 20.8 Å². The van der Waals surface area contributed by atoms with Crippen LogP contribution in [0.3, 0.4) is 0 Å². The molecule has 33 heavy (non-hydrogen) atoms. The molecule has 0 aliphatic carbocycles. The number of pyridine rings is 1. The topological polar surface area (TPSA) is 61.0 Å².